The maximum atomic E-state index is 13.1. The molecule has 2 heterocycles. The Bertz CT molecular complexity index is 1020. The third-order valence-corrected chi connectivity index (χ3v) is 5.15. The van der Waals surface area contributed by atoms with E-state index in [0.29, 0.717) is 16.8 Å². The van der Waals surface area contributed by atoms with E-state index in [9.17, 15) is 9.59 Å². The molecule has 2 aromatic heterocycles. The molecule has 0 aliphatic carbocycles. The number of aromatic nitrogens is 2. The predicted molar refractivity (Wildman–Crippen MR) is 111 cm³/mol. The van der Waals surface area contributed by atoms with E-state index >= 15 is 0 Å². The quantitative estimate of drug-likeness (QED) is 0.549. The Balaban J connectivity index is 1.99. The molecule has 6 nitrogen and oxygen atoms in total. The van der Waals surface area contributed by atoms with Crippen LogP contribution in [0, 0.1) is 0 Å². The third-order valence-electron chi connectivity index (χ3n) is 4.26. The fourth-order valence-electron chi connectivity index (χ4n) is 2.86. The first-order chi connectivity index (χ1) is 13.4. The molecule has 3 aromatic rings. The van der Waals surface area contributed by atoms with Crippen molar-refractivity contribution in [3.8, 4) is 16.9 Å². The summed E-state index contributed by atoms with van der Waals surface area (Å²) in [5, 5.41) is 2.43. The second-order valence-corrected chi connectivity index (χ2v) is 7.68. The molecule has 3 rings (SSSR count). The summed E-state index contributed by atoms with van der Waals surface area (Å²) in [6, 6.07) is 6.89. The lowest BCUT2D eigenvalue weighted by molar-refractivity contribution is -0.147. The van der Waals surface area contributed by atoms with Gasteiger partial charge in [0.1, 0.15) is 16.6 Å². The first kappa shape index (κ1) is 20.1. The Hall–Kier alpha value is -2.67. The molecule has 0 fully saturated rings. The van der Waals surface area contributed by atoms with Crippen LogP contribution in [0.25, 0.3) is 21.3 Å². The minimum absolute atomic E-state index is 0.0955. The fourth-order valence-corrected chi connectivity index (χ4v) is 3.76. The van der Waals surface area contributed by atoms with Crippen LogP contribution in [0.3, 0.4) is 0 Å². The van der Waals surface area contributed by atoms with Crippen LogP contribution < -0.4 is 10.3 Å². The minimum Gasteiger partial charge on any atom is -0.491 e. The average Bonchev–Trinajstić information content (AvgIpc) is 3.11. The molecule has 0 radical (unpaired) electrons. The van der Waals surface area contributed by atoms with Gasteiger partial charge in [0.25, 0.3) is 5.56 Å². The highest BCUT2D eigenvalue weighted by atomic mass is 32.1. The third kappa shape index (κ3) is 4.09. The van der Waals surface area contributed by atoms with Crippen LogP contribution in [-0.4, -0.2) is 28.2 Å². The molecule has 0 saturated heterocycles. The second kappa shape index (κ2) is 8.56. The van der Waals surface area contributed by atoms with Crippen molar-refractivity contribution in [2.45, 2.75) is 46.3 Å². The number of ether oxygens (including phenoxy) is 2. The van der Waals surface area contributed by atoms with Gasteiger partial charge in [-0.15, -0.1) is 11.3 Å². The highest BCUT2D eigenvalue weighted by molar-refractivity contribution is 7.17. The smallest absolute Gasteiger partial charge is 0.328 e. The zero-order valence-electron chi connectivity index (χ0n) is 16.5. The van der Waals surface area contributed by atoms with Crippen molar-refractivity contribution in [1.29, 1.82) is 0 Å². The lowest BCUT2D eigenvalue weighted by Crippen LogP contribution is -2.29. The van der Waals surface area contributed by atoms with Crippen molar-refractivity contribution < 1.29 is 14.3 Å². The highest BCUT2D eigenvalue weighted by Gasteiger charge is 2.21. The van der Waals surface area contributed by atoms with Gasteiger partial charge in [-0.25, -0.2) is 9.78 Å². The molecule has 7 heteroatoms. The Morgan fingerprint density at radius 1 is 1.21 bits per heavy atom. The van der Waals surface area contributed by atoms with Crippen molar-refractivity contribution in [3.05, 3.63) is 46.3 Å². The van der Waals surface area contributed by atoms with E-state index in [2.05, 4.69) is 4.98 Å². The van der Waals surface area contributed by atoms with E-state index in [-0.39, 0.29) is 11.7 Å². The van der Waals surface area contributed by atoms with E-state index in [1.54, 1.807) is 6.92 Å². The number of rotatable bonds is 7. The van der Waals surface area contributed by atoms with Crippen LogP contribution in [0.2, 0.25) is 0 Å². The number of carbonyl (C=O) groups excluding carboxylic acids is 1. The van der Waals surface area contributed by atoms with Crippen molar-refractivity contribution in [2.24, 2.45) is 0 Å². The molecular formula is C21H24N2O4S. The van der Waals surface area contributed by atoms with Gasteiger partial charge in [-0.2, -0.15) is 0 Å². The van der Waals surface area contributed by atoms with E-state index in [1.807, 2.05) is 50.4 Å². The van der Waals surface area contributed by atoms with Crippen LogP contribution in [0.1, 0.15) is 40.2 Å². The summed E-state index contributed by atoms with van der Waals surface area (Å²) in [6.07, 6.45) is 2.25. The van der Waals surface area contributed by atoms with Crippen molar-refractivity contribution in [3.63, 3.8) is 0 Å². The van der Waals surface area contributed by atoms with E-state index < -0.39 is 12.0 Å². The molecule has 0 aliphatic heterocycles. The predicted octanol–water partition coefficient (Wildman–Crippen LogP) is 4.43. The van der Waals surface area contributed by atoms with E-state index in [0.717, 1.165) is 23.3 Å². The van der Waals surface area contributed by atoms with Gasteiger partial charge in [-0.05, 0) is 44.9 Å². The standard InChI is InChI=1S/C21H24N2O4S/c1-5-10-26-21(25)14(4)23-12-22-19-18(20(23)24)17(11-28-19)15-6-8-16(9-7-15)27-13(2)3/h6-9,11-14H,5,10H2,1-4H3. The number of esters is 1. The van der Waals surface area contributed by atoms with E-state index in [4.69, 9.17) is 9.47 Å². The number of benzene rings is 1. The summed E-state index contributed by atoms with van der Waals surface area (Å²) in [7, 11) is 0. The summed E-state index contributed by atoms with van der Waals surface area (Å²) in [4.78, 5) is 30.3. The summed E-state index contributed by atoms with van der Waals surface area (Å²) in [5.41, 5.74) is 1.46. The second-order valence-electron chi connectivity index (χ2n) is 6.82. The molecule has 148 valence electrons. The van der Waals surface area contributed by atoms with Gasteiger partial charge < -0.3 is 9.47 Å². The molecule has 1 aromatic carbocycles. The van der Waals surface area contributed by atoms with Crippen LogP contribution >= 0.6 is 11.3 Å². The molecular weight excluding hydrogens is 376 g/mol. The SMILES string of the molecule is CCCOC(=O)C(C)n1cnc2scc(-c3ccc(OC(C)C)cc3)c2c1=O. The summed E-state index contributed by atoms with van der Waals surface area (Å²) < 4.78 is 12.2. The van der Waals surface area contributed by atoms with Gasteiger partial charge in [-0.1, -0.05) is 19.1 Å². The molecule has 0 N–H and O–H groups in total. The van der Waals surface area contributed by atoms with Crippen molar-refractivity contribution in [2.75, 3.05) is 6.61 Å². The van der Waals surface area contributed by atoms with Crippen LogP contribution in [0.5, 0.6) is 5.75 Å². The van der Waals surface area contributed by atoms with Crippen LogP contribution in [0.15, 0.2) is 40.8 Å². The minimum atomic E-state index is -0.731. The molecule has 1 atom stereocenters. The molecule has 0 saturated carbocycles. The van der Waals surface area contributed by atoms with Crippen molar-refractivity contribution >= 4 is 27.5 Å². The summed E-state index contributed by atoms with van der Waals surface area (Å²) in [5.74, 6) is 0.346. The number of hydrogen-bond acceptors (Lipinski definition) is 6. The Kier molecular flexibility index (Phi) is 6.14. The van der Waals surface area contributed by atoms with Crippen molar-refractivity contribution in [1.82, 2.24) is 9.55 Å². The summed E-state index contributed by atoms with van der Waals surface area (Å²) in [6.45, 7) is 7.86. The highest BCUT2D eigenvalue weighted by Crippen LogP contribution is 2.32. The molecule has 1 unspecified atom stereocenters. The van der Waals surface area contributed by atoms with Crippen LogP contribution in [0.4, 0.5) is 0 Å². The normalized spacial score (nSPS) is 12.3. The topological polar surface area (TPSA) is 70.4 Å². The Morgan fingerprint density at radius 3 is 2.57 bits per heavy atom. The summed E-state index contributed by atoms with van der Waals surface area (Å²) >= 11 is 1.41. The number of carbonyl (C=O) groups is 1. The molecule has 0 aliphatic rings. The van der Waals surface area contributed by atoms with Crippen LogP contribution in [-0.2, 0) is 9.53 Å². The fraction of sp³-hybridized carbons (Fsp3) is 0.381. The molecule has 0 amide bonds. The average molecular weight is 401 g/mol. The van der Waals surface area contributed by atoms with Gasteiger partial charge in [0.15, 0.2) is 0 Å². The number of hydrogen-bond donors (Lipinski definition) is 0. The number of fused-ring (bicyclic) bond motifs is 1. The van der Waals surface area contributed by atoms with Gasteiger partial charge in [0.2, 0.25) is 0 Å². The monoisotopic (exact) mass is 400 g/mol. The Labute approximate surface area is 167 Å². The molecule has 28 heavy (non-hydrogen) atoms. The molecule has 0 spiro atoms. The van der Waals surface area contributed by atoms with Gasteiger partial charge in [0, 0.05) is 10.9 Å². The first-order valence-corrected chi connectivity index (χ1v) is 10.2. The first-order valence-electron chi connectivity index (χ1n) is 9.34. The number of nitrogens with zero attached hydrogens (tertiary/aromatic N) is 2. The zero-order chi connectivity index (χ0) is 20.3. The zero-order valence-corrected chi connectivity index (χ0v) is 17.3. The maximum absolute atomic E-state index is 13.1. The van der Waals surface area contributed by atoms with Gasteiger partial charge in [0.05, 0.1) is 24.4 Å². The lowest BCUT2D eigenvalue weighted by Gasteiger charge is -2.14. The maximum Gasteiger partial charge on any atom is 0.328 e. The molecule has 0 bridgehead atoms. The van der Waals surface area contributed by atoms with Gasteiger partial charge >= 0.3 is 5.97 Å². The number of thiophene rings is 1. The Morgan fingerprint density at radius 2 is 1.93 bits per heavy atom. The van der Waals surface area contributed by atoms with E-state index in [1.165, 1.54) is 22.2 Å². The largest absolute Gasteiger partial charge is 0.491 e. The lowest BCUT2D eigenvalue weighted by atomic mass is 10.1. The van der Waals surface area contributed by atoms with Gasteiger partial charge in [-0.3, -0.25) is 9.36 Å².